The van der Waals surface area contributed by atoms with Gasteiger partial charge in [0.05, 0.1) is 0 Å². The van der Waals surface area contributed by atoms with Gasteiger partial charge in [0, 0.05) is 12.6 Å². The van der Waals surface area contributed by atoms with Gasteiger partial charge < -0.3 is 14.8 Å². The number of hydrogen-bond acceptors (Lipinski definition) is 3. The molecule has 2 rings (SSSR count). The van der Waals surface area contributed by atoms with Gasteiger partial charge in [0.1, 0.15) is 17.2 Å². The average Bonchev–Trinajstić information content (AvgIpc) is 2.54. The Balaban J connectivity index is 1.82. The van der Waals surface area contributed by atoms with Crippen LogP contribution in [0, 0.1) is 5.92 Å². The van der Waals surface area contributed by atoms with Crippen molar-refractivity contribution in [1.82, 2.24) is 5.32 Å². The van der Waals surface area contributed by atoms with E-state index in [0.717, 1.165) is 12.2 Å². The van der Waals surface area contributed by atoms with E-state index in [2.05, 4.69) is 19.2 Å². The third kappa shape index (κ3) is 6.43. The molecule has 0 unspecified atom stereocenters. The molecule has 0 bridgehead atoms. The van der Waals surface area contributed by atoms with E-state index in [9.17, 15) is 4.79 Å². The first kappa shape index (κ1) is 16.9. The van der Waals surface area contributed by atoms with E-state index in [4.69, 9.17) is 9.47 Å². The molecule has 1 N–H and O–H groups in total. The summed E-state index contributed by atoms with van der Waals surface area (Å²) in [5.74, 6) is 2.51. The van der Waals surface area contributed by atoms with E-state index < -0.39 is 0 Å². The van der Waals surface area contributed by atoms with Crippen molar-refractivity contribution in [2.45, 2.75) is 20.3 Å². The van der Waals surface area contributed by atoms with E-state index in [-0.39, 0.29) is 12.5 Å². The minimum atomic E-state index is -0.111. The van der Waals surface area contributed by atoms with Crippen LogP contribution in [0.25, 0.3) is 0 Å². The Morgan fingerprint density at radius 3 is 2.43 bits per heavy atom. The van der Waals surface area contributed by atoms with Crippen molar-refractivity contribution in [2.24, 2.45) is 5.92 Å². The lowest BCUT2D eigenvalue weighted by molar-refractivity contribution is -0.123. The Hall–Kier alpha value is -2.49. The van der Waals surface area contributed by atoms with Crippen LogP contribution in [-0.4, -0.2) is 19.1 Å². The van der Waals surface area contributed by atoms with Gasteiger partial charge in [0.2, 0.25) is 0 Å². The van der Waals surface area contributed by atoms with E-state index >= 15 is 0 Å². The first-order valence-electron chi connectivity index (χ1n) is 7.86. The zero-order valence-electron chi connectivity index (χ0n) is 13.6. The Morgan fingerprint density at radius 1 is 1.00 bits per heavy atom. The monoisotopic (exact) mass is 313 g/mol. The fourth-order valence-corrected chi connectivity index (χ4v) is 1.95. The van der Waals surface area contributed by atoms with Gasteiger partial charge in [-0.15, -0.1) is 0 Å². The summed E-state index contributed by atoms with van der Waals surface area (Å²) in [5.41, 5.74) is 0. The molecule has 0 aliphatic rings. The lowest BCUT2D eigenvalue weighted by Crippen LogP contribution is -2.30. The number of nitrogens with one attached hydrogen (secondary N) is 1. The SMILES string of the molecule is CC(C)CCNC(=O)COc1cccc(Oc2ccccc2)c1. The number of benzene rings is 2. The van der Waals surface area contributed by atoms with Gasteiger partial charge in [-0.25, -0.2) is 0 Å². The van der Waals surface area contributed by atoms with Crippen LogP contribution in [-0.2, 0) is 4.79 Å². The number of hydrogen-bond donors (Lipinski definition) is 1. The van der Waals surface area contributed by atoms with Gasteiger partial charge >= 0.3 is 0 Å². The number of para-hydroxylation sites is 1. The molecule has 0 saturated heterocycles. The fourth-order valence-electron chi connectivity index (χ4n) is 1.95. The Bertz CT molecular complexity index is 611. The van der Waals surface area contributed by atoms with Crippen molar-refractivity contribution in [2.75, 3.05) is 13.2 Å². The highest BCUT2D eigenvalue weighted by Crippen LogP contribution is 2.24. The number of carbonyl (C=O) groups excluding carboxylic acids is 1. The summed E-state index contributed by atoms with van der Waals surface area (Å²) in [7, 11) is 0. The van der Waals surface area contributed by atoms with Crippen LogP contribution < -0.4 is 14.8 Å². The largest absolute Gasteiger partial charge is 0.484 e. The highest BCUT2D eigenvalue weighted by Gasteiger charge is 2.04. The molecule has 2 aromatic carbocycles. The smallest absolute Gasteiger partial charge is 0.257 e. The molecule has 23 heavy (non-hydrogen) atoms. The van der Waals surface area contributed by atoms with Crippen LogP contribution >= 0.6 is 0 Å². The minimum Gasteiger partial charge on any atom is -0.484 e. The molecule has 0 aromatic heterocycles. The topological polar surface area (TPSA) is 47.6 Å². The van der Waals surface area contributed by atoms with Gasteiger partial charge in [-0.05, 0) is 36.6 Å². The molecule has 0 aliphatic heterocycles. The van der Waals surface area contributed by atoms with Crippen molar-refractivity contribution >= 4 is 5.91 Å². The standard InChI is InChI=1S/C19H23NO3/c1-15(2)11-12-20-19(21)14-22-17-9-6-10-18(13-17)23-16-7-4-3-5-8-16/h3-10,13,15H,11-12,14H2,1-2H3,(H,20,21). The van der Waals surface area contributed by atoms with Crippen molar-refractivity contribution in [1.29, 1.82) is 0 Å². The average molecular weight is 313 g/mol. The second-order valence-electron chi connectivity index (χ2n) is 5.71. The third-order valence-electron chi connectivity index (χ3n) is 3.20. The van der Waals surface area contributed by atoms with Crippen molar-refractivity contribution in [3.8, 4) is 17.2 Å². The lowest BCUT2D eigenvalue weighted by atomic mass is 10.1. The molecule has 1 amide bonds. The van der Waals surface area contributed by atoms with Crippen LogP contribution in [0.2, 0.25) is 0 Å². The van der Waals surface area contributed by atoms with Gasteiger partial charge in [0.25, 0.3) is 5.91 Å². The normalized spacial score (nSPS) is 10.4. The Labute approximate surface area is 137 Å². The number of ether oxygens (including phenoxy) is 2. The fraction of sp³-hybridized carbons (Fsp3) is 0.316. The maximum atomic E-state index is 11.7. The van der Waals surface area contributed by atoms with E-state index in [0.29, 0.717) is 24.0 Å². The summed E-state index contributed by atoms with van der Waals surface area (Å²) >= 11 is 0. The van der Waals surface area contributed by atoms with Crippen molar-refractivity contribution in [3.63, 3.8) is 0 Å². The van der Waals surface area contributed by atoms with Crippen molar-refractivity contribution < 1.29 is 14.3 Å². The predicted molar refractivity (Wildman–Crippen MR) is 90.9 cm³/mol. The number of carbonyl (C=O) groups is 1. The number of amides is 1. The molecular formula is C19H23NO3. The van der Waals surface area contributed by atoms with Crippen LogP contribution in [0.3, 0.4) is 0 Å². The first-order chi connectivity index (χ1) is 11.1. The van der Waals surface area contributed by atoms with Crippen LogP contribution in [0.1, 0.15) is 20.3 Å². The second-order valence-corrected chi connectivity index (χ2v) is 5.71. The van der Waals surface area contributed by atoms with Gasteiger partial charge in [0.15, 0.2) is 6.61 Å². The molecule has 0 fully saturated rings. The van der Waals surface area contributed by atoms with Gasteiger partial charge in [-0.1, -0.05) is 38.1 Å². The van der Waals surface area contributed by atoms with Gasteiger partial charge in [-0.2, -0.15) is 0 Å². The summed E-state index contributed by atoms with van der Waals surface area (Å²) < 4.78 is 11.2. The summed E-state index contributed by atoms with van der Waals surface area (Å²) in [6.45, 7) is 4.94. The lowest BCUT2D eigenvalue weighted by Gasteiger charge is -2.10. The summed E-state index contributed by atoms with van der Waals surface area (Å²) in [4.78, 5) is 11.7. The Kier molecular flexibility index (Phi) is 6.48. The van der Waals surface area contributed by atoms with Crippen LogP contribution in [0.4, 0.5) is 0 Å². The van der Waals surface area contributed by atoms with E-state index in [1.807, 2.05) is 42.5 Å². The molecule has 0 saturated carbocycles. The molecule has 0 heterocycles. The second kappa shape index (κ2) is 8.83. The highest BCUT2D eigenvalue weighted by molar-refractivity contribution is 5.77. The van der Waals surface area contributed by atoms with Crippen molar-refractivity contribution in [3.05, 3.63) is 54.6 Å². The minimum absolute atomic E-state index is 0.00683. The van der Waals surface area contributed by atoms with E-state index in [1.54, 1.807) is 12.1 Å². The van der Waals surface area contributed by atoms with E-state index in [1.165, 1.54) is 0 Å². The molecule has 0 spiro atoms. The summed E-state index contributed by atoms with van der Waals surface area (Å²) in [5, 5.41) is 2.84. The zero-order chi connectivity index (χ0) is 16.5. The molecule has 4 heteroatoms. The number of rotatable bonds is 8. The Morgan fingerprint density at radius 2 is 1.70 bits per heavy atom. The molecule has 4 nitrogen and oxygen atoms in total. The predicted octanol–water partition coefficient (Wildman–Crippen LogP) is 4.02. The first-order valence-corrected chi connectivity index (χ1v) is 7.86. The summed E-state index contributed by atoms with van der Waals surface area (Å²) in [6, 6.07) is 16.8. The quantitative estimate of drug-likeness (QED) is 0.800. The molecular weight excluding hydrogens is 290 g/mol. The van der Waals surface area contributed by atoms with Gasteiger partial charge in [-0.3, -0.25) is 4.79 Å². The maximum absolute atomic E-state index is 11.7. The maximum Gasteiger partial charge on any atom is 0.257 e. The molecule has 0 aliphatic carbocycles. The zero-order valence-corrected chi connectivity index (χ0v) is 13.6. The molecule has 0 atom stereocenters. The van der Waals surface area contributed by atoms with Crippen LogP contribution in [0.5, 0.6) is 17.2 Å². The highest BCUT2D eigenvalue weighted by atomic mass is 16.5. The van der Waals surface area contributed by atoms with Crippen LogP contribution in [0.15, 0.2) is 54.6 Å². The molecule has 122 valence electrons. The third-order valence-corrected chi connectivity index (χ3v) is 3.20. The molecule has 0 radical (unpaired) electrons. The summed E-state index contributed by atoms with van der Waals surface area (Å²) in [6.07, 6.45) is 0.964. The molecule has 2 aromatic rings.